The Morgan fingerprint density at radius 3 is 2.14 bits per heavy atom. The van der Waals surface area contributed by atoms with E-state index in [0.29, 0.717) is 32.2 Å². The van der Waals surface area contributed by atoms with Crippen LogP contribution in [0.15, 0.2) is 0 Å². The molecule has 6 rings (SSSR count). The highest BCUT2D eigenvalue weighted by atomic mass is 16.6. The third kappa shape index (κ3) is 7.47. The van der Waals surface area contributed by atoms with Gasteiger partial charge < -0.3 is 39.6 Å². The SMILES string of the molecule is CC(C)(C)OCNC(CCCNC(=O)OC(C)(C)C)C(=O)OC1CC2C3(C)CC(O)C(C4(C)CCC(C(C)(C)O)O4)C3(C)CCC23CC32CCC(O)C(C)(C)C12. The van der Waals surface area contributed by atoms with Gasteiger partial charge in [-0.25, -0.2) is 4.79 Å². The smallest absolute Gasteiger partial charge is 0.407 e. The molecule has 56 heavy (non-hydrogen) atoms. The van der Waals surface area contributed by atoms with Crippen LogP contribution in [-0.2, 0) is 23.7 Å². The number of alkyl carbamates (subject to hydrolysis) is 1. The number of carbonyl (C=O) groups is 2. The van der Waals surface area contributed by atoms with Gasteiger partial charge in [0.25, 0.3) is 0 Å². The number of rotatable bonds is 11. The van der Waals surface area contributed by atoms with Gasteiger partial charge in [0.1, 0.15) is 17.7 Å². The van der Waals surface area contributed by atoms with Crippen LogP contribution in [0.3, 0.4) is 0 Å². The Kier molecular flexibility index (Phi) is 11.3. The molecule has 5 N–H and O–H groups in total. The molecular weight excluding hydrogens is 712 g/mol. The normalized spacial score (nSPS) is 43.5. The van der Waals surface area contributed by atoms with Gasteiger partial charge in [0.15, 0.2) is 0 Å². The predicted molar refractivity (Wildman–Crippen MR) is 214 cm³/mol. The molecule has 13 atom stereocenters. The third-order valence-corrected chi connectivity index (χ3v) is 16.5. The highest BCUT2D eigenvalue weighted by Crippen LogP contribution is 2.89. The van der Waals surface area contributed by atoms with Crippen molar-refractivity contribution >= 4 is 12.1 Å². The van der Waals surface area contributed by atoms with Gasteiger partial charge in [-0.05, 0) is 166 Å². The van der Waals surface area contributed by atoms with Crippen LogP contribution < -0.4 is 10.6 Å². The van der Waals surface area contributed by atoms with Gasteiger partial charge in [0.2, 0.25) is 0 Å². The van der Waals surface area contributed by atoms with Crippen molar-refractivity contribution < 1.29 is 43.9 Å². The Balaban J connectivity index is 1.27. The first kappa shape index (κ1) is 44.1. The predicted octanol–water partition coefficient (Wildman–Crippen LogP) is 7.02. The number of aliphatic hydroxyl groups is 3. The minimum absolute atomic E-state index is 0.00225. The van der Waals surface area contributed by atoms with Crippen LogP contribution in [0.1, 0.15) is 161 Å². The number of ether oxygens (including phenoxy) is 4. The lowest BCUT2D eigenvalue weighted by Crippen LogP contribution is -2.63. The molecule has 13 unspecified atom stereocenters. The lowest BCUT2D eigenvalue weighted by Gasteiger charge is -2.64. The Bertz CT molecular complexity index is 1480. The van der Waals surface area contributed by atoms with E-state index in [2.05, 4.69) is 45.3 Å². The molecule has 11 nitrogen and oxygen atoms in total. The minimum atomic E-state index is -0.962. The van der Waals surface area contributed by atoms with Crippen molar-refractivity contribution in [2.24, 2.45) is 44.8 Å². The van der Waals surface area contributed by atoms with Crippen LogP contribution in [0.2, 0.25) is 0 Å². The van der Waals surface area contributed by atoms with Crippen LogP contribution in [-0.4, -0.2) is 93.5 Å². The topological polar surface area (TPSA) is 156 Å². The number of fused-ring (bicyclic) bond motifs is 2. The van der Waals surface area contributed by atoms with E-state index in [-0.39, 0.29) is 58.2 Å². The maximum absolute atomic E-state index is 14.5. The van der Waals surface area contributed by atoms with Crippen molar-refractivity contribution in [3.05, 3.63) is 0 Å². The van der Waals surface area contributed by atoms with Crippen LogP contribution in [0.4, 0.5) is 4.79 Å². The zero-order chi connectivity index (χ0) is 41.7. The molecule has 0 aromatic rings. The standard InChI is InChI=1S/C45H78N2O9/c1-37(2,3)53-26-47-27(15-14-22-46-36(51)56-38(4,5)6)35(50)54-29-23-30-42(12)24-28(48)33(43(13)18-17-32(55-43)40(9,10)52)41(42,11)20-21-44(30)25-45(44)19-16-31(49)39(7,8)34(29)45/h27-34,47-49,52H,14-26H2,1-13H3,(H,46,51). The van der Waals surface area contributed by atoms with Crippen molar-refractivity contribution in [1.82, 2.24) is 10.6 Å². The van der Waals surface area contributed by atoms with Crippen LogP contribution in [0, 0.1) is 44.8 Å². The van der Waals surface area contributed by atoms with Gasteiger partial charge in [-0.1, -0.05) is 27.7 Å². The Hall–Kier alpha value is -1.50. The van der Waals surface area contributed by atoms with Crippen molar-refractivity contribution in [2.75, 3.05) is 13.3 Å². The zero-order valence-electron chi connectivity index (χ0n) is 37.1. The van der Waals surface area contributed by atoms with Crippen LogP contribution >= 0.6 is 0 Å². The van der Waals surface area contributed by atoms with E-state index >= 15 is 0 Å². The largest absolute Gasteiger partial charge is 0.461 e. The van der Waals surface area contributed by atoms with Crippen LogP contribution in [0.5, 0.6) is 0 Å². The van der Waals surface area contributed by atoms with Gasteiger partial charge in [-0.3, -0.25) is 10.1 Å². The summed E-state index contributed by atoms with van der Waals surface area (Å²) in [5.74, 6) is -0.204. The van der Waals surface area contributed by atoms with Gasteiger partial charge in [-0.2, -0.15) is 0 Å². The van der Waals surface area contributed by atoms with Crippen molar-refractivity contribution in [1.29, 1.82) is 0 Å². The summed E-state index contributed by atoms with van der Waals surface area (Å²) in [5.41, 5.74) is -3.43. The summed E-state index contributed by atoms with van der Waals surface area (Å²) in [6, 6.07) is -0.663. The third-order valence-electron chi connectivity index (χ3n) is 16.5. The monoisotopic (exact) mass is 791 g/mol. The lowest BCUT2D eigenvalue weighted by atomic mass is 9.41. The second-order valence-electron chi connectivity index (χ2n) is 23.0. The molecule has 6 aliphatic rings. The number of carbonyl (C=O) groups excluding carboxylic acids is 2. The molecule has 0 aromatic heterocycles. The zero-order valence-corrected chi connectivity index (χ0v) is 37.1. The molecule has 5 saturated carbocycles. The lowest BCUT2D eigenvalue weighted by molar-refractivity contribution is -0.221. The number of amides is 1. The molecule has 1 amide bonds. The first-order chi connectivity index (χ1) is 25.6. The van der Waals surface area contributed by atoms with Gasteiger partial charge in [-0.15, -0.1) is 0 Å². The van der Waals surface area contributed by atoms with E-state index in [4.69, 9.17) is 18.9 Å². The molecule has 0 bridgehead atoms. The molecular formula is C45H78N2O9. The Morgan fingerprint density at radius 2 is 1.54 bits per heavy atom. The number of nitrogens with one attached hydrogen (secondary N) is 2. The van der Waals surface area contributed by atoms with Gasteiger partial charge in [0, 0.05) is 18.4 Å². The number of aliphatic hydroxyl groups excluding tert-OH is 2. The fourth-order valence-electron chi connectivity index (χ4n) is 13.9. The fourth-order valence-corrected chi connectivity index (χ4v) is 13.9. The summed E-state index contributed by atoms with van der Waals surface area (Å²) in [5, 5.41) is 40.9. The second-order valence-corrected chi connectivity index (χ2v) is 23.0. The summed E-state index contributed by atoms with van der Waals surface area (Å²) in [6.07, 6.45) is 6.42. The summed E-state index contributed by atoms with van der Waals surface area (Å²) >= 11 is 0. The summed E-state index contributed by atoms with van der Waals surface area (Å²) in [7, 11) is 0. The maximum Gasteiger partial charge on any atom is 0.407 e. The summed E-state index contributed by atoms with van der Waals surface area (Å²) in [6.45, 7) is 26.9. The Labute approximate surface area is 337 Å². The molecule has 322 valence electrons. The van der Waals surface area contributed by atoms with E-state index < -0.39 is 58.3 Å². The molecule has 0 radical (unpaired) electrons. The number of hydrogen-bond donors (Lipinski definition) is 5. The van der Waals surface area contributed by atoms with Gasteiger partial charge >= 0.3 is 12.1 Å². The summed E-state index contributed by atoms with van der Waals surface area (Å²) < 4.78 is 25.0. The van der Waals surface area contributed by atoms with E-state index in [1.165, 1.54) is 0 Å². The van der Waals surface area contributed by atoms with Crippen molar-refractivity contribution in [3.63, 3.8) is 0 Å². The maximum atomic E-state index is 14.5. The molecule has 6 fully saturated rings. The van der Waals surface area contributed by atoms with E-state index in [9.17, 15) is 24.9 Å². The summed E-state index contributed by atoms with van der Waals surface area (Å²) in [4.78, 5) is 26.9. The number of hydrogen-bond acceptors (Lipinski definition) is 10. The molecule has 5 aliphatic carbocycles. The minimum Gasteiger partial charge on any atom is -0.461 e. The van der Waals surface area contributed by atoms with Crippen molar-refractivity contribution in [2.45, 2.75) is 213 Å². The molecule has 11 heteroatoms. The highest BCUT2D eigenvalue weighted by molar-refractivity contribution is 5.76. The van der Waals surface area contributed by atoms with Crippen LogP contribution in [0.25, 0.3) is 0 Å². The van der Waals surface area contributed by atoms with E-state index in [0.717, 1.165) is 44.9 Å². The fraction of sp³-hybridized carbons (Fsp3) is 0.956. The first-order valence-electron chi connectivity index (χ1n) is 21.9. The first-order valence-corrected chi connectivity index (χ1v) is 21.9. The number of esters is 1. The van der Waals surface area contributed by atoms with Crippen molar-refractivity contribution in [3.8, 4) is 0 Å². The molecule has 2 spiro atoms. The quantitative estimate of drug-likeness (QED) is 0.0838. The Morgan fingerprint density at radius 1 is 0.857 bits per heavy atom. The van der Waals surface area contributed by atoms with Gasteiger partial charge in [0.05, 0.1) is 41.8 Å². The molecule has 1 heterocycles. The average molecular weight is 791 g/mol. The average Bonchev–Trinajstić information content (AvgIpc) is 3.40. The van der Waals surface area contributed by atoms with E-state index in [1.54, 1.807) is 0 Å². The molecule has 1 saturated heterocycles. The van der Waals surface area contributed by atoms with E-state index in [1.807, 2.05) is 55.4 Å². The highest BCUT2D eigenvalue weighted by Gasteiger charge is 2.85. The molecule has 0 aromatic carbocycles. The second kappa shape index (κ2) is 14.3. The molecule has 1 aliphatic heterocycles.